The van der Waals surface area contributed by atoms with Crippen molar-refractivity contribution in [2.24, 2.45) is 11.8 Å². The van der Waals surface area contributed by atoms with Crippen molar-refractivity contribution in [3.63, 3.8) is 0 Å². The van der Waals surface area contributed by atoms with E-state index in [9.17, 15) is 0 Å². The lowest BCUT2D eigenvalue weighted by atomic mass is 9.95. The fourth-order valence-corrected chi connectivity index (χ4v) is 3.19. The summed E-state index contributed by atoms with van der Waals surface area (Å²) in [6.07, 6.45) is 3.35. The van der Waals surface area contributed by atoms with Gasteiger partial charge in [-0.3, -0.25) is 0 Å². The molecule has 2 aliphatic rings. The summed E-state index contributed by atoms with van der Waals surface area (Å²) in [7, 11) is 2.06. The van der Waals surface area contributed by atoms with Crippen molar-refractivity contribution in [3.05, 3.63) is 0 Å². The van der Waals surface area contributed by atoms with Gasteiger partial charge in [0.05, 0.1) is 6.61 Å². The Morgan fingerprint density at radius 1 is 1.41 bits per heavy atom. The standard InChI is InChI=1S/C13H26N2O2/c1-14-13-4-7-17-10-12(13)9-15-5-2-11(8-15)3-6-16/h11-14,16H,2-10H2,1H3. The van der Waals surface area contributed by atoms with Crippen molar-refractivity contribution in [3.8, 4) is 0 Å². The van der Waals surface area contributed by atoms with E-state index in [4.69, 9.17) is 9.84 Å². The van der Waals surface area contributed by atoms with Crippen molar-refractivity contribution in [2.45, 2.75) is 25.3 Å². The normalized spacial score (nSPS) is 35.3. The number of aliphatic hydroxyl groups is 1. The first-order chi connectivity index (χ1) is 8.33. The number of nitrogens with zero attached hydrogens (tertiary/aromatic N) is 1. The van der Waals surface area contributed by atoms with Crippen molar-refractivity contribution in [2.75, 3.05) is 46.5 Å². The largest absolute Gasteiger partial charge is 0.396 e. The molecule has 4 nitrogen and oxygen atoms in total. The van der Waals surface area contributed by atoms with Gasteiger partial charge in [-0.2, -0.15) is 0 Å². The van der Waals surface area contributed by atoms with E-state index >= 15 is 0 Å². The topological polar surface area (TPSA) is 44.7 Å². The lowest BCUT2D eigenvalue weighted by Gasteiger charge is -2.34. The Balaban J connectivity index is 1.76. The maximum absolute atomic E-state index is 8.97. The average Bonchev–Trinajstić information content (AvgIpc) is 2.78. The highest BCUT2D eigenvalue weighted by Gasteiger charge is 2.29. The zero-order valence-corrected chi connectivity index (χ0v) is 10.9. The van der Waals surface area contributed by atoms with Crippen LogP contribution in [-0.2, 0) is 4.74 Å². The molecule has 0 aromatic heterocycles. The van der Waals surface area contributed by atoms with E-state index in [1.165, 1.54) is 13.0 Å². The molecule has 100 valence electrons. The van der Waals surface area contributed by atoms with Crippen LogP contribution in [0, 0.1) is 11.8 Å². The first kappa shape index (κ1) is 13.3. The molecule has 0 spiro atoms. The Kier molecular flexibility index (Phi) is 5.22. The monoisotopic (exact) mass is 242 g/mol. The smallest absolute Gasteiger partial charge is 0.0521 e. The van der Waals surface area contributed by atoms with Gasteiger partial charge in [0.1, 0.15) is 0 Å². The third-order valence-electron chi connectivity index (χ3n) is 4.24. The van der Waals surface area contributed by atoms with Gasteiger partial charge in [0.2, 0.25) is 0 Å². The molecule has 4 heteroatoms. The SMILES string of the molecule is CNC1CCOCC1CN1CCC(CCO)C1. The van der Waals surface area contributed by atoms with Crippen LogP contribution >= 0.6 is 0 Å². The number of likely N-dealkylation sites (tertiary alicyclic amines) is 1. The van der Waals surface area contributed by atoms with Crippen molar-refractivity contribution in [1.29, 1.82) is 0 Å². The van der Waals surface area contributed by atoms with Crippen LogP contribution in [0.15, 0.2) is 0 Å². The summed E-state index contributed by atoms with van der Waals surface area (Å²) in [4.78, 5) is 2.55. The van der Waals surface area contributed by atoms with Crippen LogP contribution in [0.3, 0.4) is 0 Å². The number of hydrogen-bond acceptors (Lipinski definition) is 4. The van der Waals surface area contributed by atoms with E-state index in [0.717, 1.165) is 39.1 Å². The minimum absolute atomic E-state index is 0.337. The summed E-state index contributed by atoms with van der Waals surface area (Å²) in [5.41, 5.74) is 0. The van der Waals surface area contributed by atoms with E-state index in [1.807, 2.05) is 0 Å². The van der Waals surface area contributed by atoms with E-state index in [0.29, 0.717) is 24.5 Å². The predicted molar refractivity (Wildman–Crippen MR) is 68.0 cm³/mol. The molecule has 0 aromatic carbocycles. The third-order valence-corrected chi connectivity index (χ3v) is 4.24. The minimum Gasteiger partial charge on any atom is -0.396 e. The molecule has 2 saturated heterocycles. The fraction of sp³-hybridized carbons (Fsp3) is 1.00. The molecule has 2 heterocycles. The second-order valence-electron chi connectivity index (χ2n) is 5.45. The third kappa shape index (κ3) is 3.65. The van der Waals surface area contributed by atoms with Crippen LogP contribution in [0.25, 0.3) is 0 Å². The highest BCUT2D eigenvalue weighted by molar-refractivity contribution is 4.84. The Bertz CT molecular complexity index is 225. The Hall–Kier alpha value is -0.160. The van der Waals surface area contributed by atoms with Crippen molar-refractivity contribution in [1.82, 2.24) is 10.2 Å². The molecule has 2 aliphatic heterocycles. The molecule has 3 unspecified atom stereocenters. The molecular weight excluding hydrogens is 216 g/mol. The molecule has 0 saturated carbocycles. The van der Waals surface area contributed by atoms with Gasteiger partial charge in [-0.1, -0.05) is 0 Å². The molecule has 2 fully saturated rings. The number of aliphatic hydroxyl groups excluding tert-OH is 1. The lowest BCUT2D eigenvalue weighted by Crippen LogP contribution is -2.46. The van der Waals surface area contributed by atoms with Crippen LogP contribution in [0.1, 0.15) is 19.3 Å². The Morgan fingerprint density at radius 3 is 3.06 bits per heavy atom. The van der Waals surface area contributed by atoms with Crippen LogP contribution in [0.5, 0.6) is 0 Å². The number of hydrogen-bond donors (Lipinski definition) is 2. The number of ether oxygens (including phenoxy) is 1. The Morgan fingerprint density at radius 2 is 2.29 bits per heavy atom. The van der Waals surface area contributed by atoms with Gasteiger partial charge in [-0.15, -0.1) is 0 Å². The van der Waals surface area contributed by atoms with Gasteiger partial charge in [-0.05, 0) is 38.8 Å². The molecule has 17 heavy (non-hydrogen) atoms. The summed E-state index contributed by atoms with van der Waals surface area (Å²) in [5, 5.41) is 12.4. The summed E-state index contributed by atoms with van der Waals surface area (Å²) in [6, 6.07) is 0.612. The predicted octanol–water partition coefficient (Wildman–Crippen LogP) is 0.315. The van der Waals surface area contributed by atoms with Gasteiger partial charge < -0.3 is 20.1 Å². The molecule has 0 aromatic rings. The van der Waals surface area contributed by atoms with E-state index < -0.39 is 0 Å². The van der Waals surface area contributed by atoms with Gasteiger partial charge >= 0.3 is 0 Å². The highest BCUT2D eigenvalue weighted by Crippen LogP contribution is 2.23. The molecular formula is C13H26N2O2. The van der Waals surface area contributed by atoms with Gasteiger partial charge in [0, 0.05) is 38.3 Å². The van der Waals surface area contributed by atoms with Gasteiger partial charge in [0.25, 0.3) is 0 Å². The molecule has 2 rings (SSSR count). The molecule has 0 radical (unpaired) electrons. The Labute approximate surface area is 104 Å². The first-order valence-corrected chi connectivity index (χ1v) is 6.91. The van der Waals surface area contributed by atoms with Crippen LogP contribution < -0.4 is 5.32 Å². The van der Waals surface area contributed by atoms with E-state index in [1.54, 1.807) is 0 Å². The molecule has 3 atom stereocenters. The molecule has 0 aliphatic carbocycles. The summed E-state index contributed by atoms with van der Waals surface area (Å²) < 4.78 is 5.59. The number of rotatable bonds is 5. The second kappa shape index (κ2) is 6.69. The van der Waals surface area contributed by atoms with E-state index in [2.05, 4.69) is 17.3 Å². The maximum Gasteiger partial charge on any atom is 0.0521 e. The molecule has 0 bridgehead atoms. The zero-order chi connectivity index (χ0) is 12.1. The van der Waals surface area contributed by atoms with Gasteiger partial charge in [0.15, 0.2) is 0 Å². The van der Waals surface area contributed by atoms with Gasteiger partial charge in [-0.25, -0.2) is 0 Å². The lowest BCUT2D eigenvalue weighted by molar-refractivity contribution is 0.0209. The maximum atomic E-state index is 8.97. The quantitative estimate of drug-likeness (QED) is 0.728. The highest BCUT2D eigenvalue weighted by atomic mass is 16.5. The van der Waals surface area contributed by atoms with E-state index in [-0.39, 0.29) is 0 Å². The minimum atomic E-state index is 0.337. The van der Waals surface area contributed by atoms with Crippen LogP contribution in [0.4, 0.5) is 0 Å². The summed E-state index contributed by atoms with van der Waals surface area (Å²) >= 11 is 0. The van der Waals surface area contributed by atoms with Crippen LogP contribution in [-0.4, -0.2) is 62.6 Å². The number of nitrogens with one attached hydrogen (secondary N) is 1. The molecule has 2 N–H and O–H groups in total. The summed E-state index contributed by atoms with van der Waals surface area (Å²) in [5.74, 6) is 1.33. The molecule has 0 amide bonds. The van der Waals surface area contributed by atoms with Crippen LogP contribution in [0.2, 0.25) is 0 Å². The van der Waals surface area contributed by atoms with Crippen molar-refractivity contribution >= 4 is 0 Å². The average molecular weight is 242 g/mol. The summed E-state index contributed by atoms with van der Waals surface area (Å²) in [6.45, 7) is 5.63. The zero-order valence-electron chi connectivity index (χ0n) is 10.9. The second-order valence-corrected chi connectivity index (χ2v) is 5.45. The van der Waals surface area contributed by atoms with Crippen molar-refractivity contribution < 1.29 is 9.84 Å². The fourth-order valence-electron chi connectivity index (χ4n) is 3.19. The first-order valence-electron chi connectivity index (χ1n) is 6.91.